The van der Waals surface area contributed by atoms with Crippen LogP contribution in [0.3, 0.4) is 0 Å². The summed E-state index contributed by atoms with van der Waals surface area (Å²) in [6, 6.07) is 18.1. The lowest BCUT2D eigenvalue weighted by Crippen LogP contribution is -2.17. The first-order chi connectivity index (χ1) is 15.1. The fourth-order valence-electron chi connectivity index (χ4n) is 3.62. The summed E-state index contributed by atoms with van der Waals surface area (Å²) in [4.78, 5) is 15.5. The van der Waals surface area contributed by atoms with Gasteiger partial charge in [0.15, 0.2) is 6.79 Å². The van der Waals surface area contributed by atoms with Gasteiger partial charge in [-0.05, 0) is 36.6 Å². The normalized spacial score (nSPS) is 15.6. The quantitative estimate of drug-likeness (QED) is 0.382. The molecule has 6 nitrogen and oxygen atoms in total. The highest BCUT2D eigenvalue weighted by Crippen LogP contribution is 2.40. The summed E-state index contributed by atoms with van der Waals surface area (Å²) in [5, 5.41) is 10.9. The Morgan fingerprint density at radius 3 is 2.84 bits per heavy atom. The van der Waals surface area contributed by atoms with Gasteiger partial charge in [-0.3, -0.25) is 0 Å². The number of thiophene rings is 1. The number of esters is 1. The van der Waals surface area contributed by atoms with Crippen molar-refractivity contribution in [3.8, 4) is 11.8 Å². The van der Waals surface area contributed by atoms with Gasteiger partial charge in [0, 0.05) is 47.1 Å². The zero-order chi connectivity index (χ0) is 21.8. The van der Waals surface area contributed by atoms with E-state index >= 15 is 0 Å². The zero-order valence-electron chi connectivity index (χ0n) is 17.3. The predicted octanol–water partition coefficient (Wildman–Crippen LogP) is 5.07. The van der Waals surface area contributed by atoms with Gasteiger partial charge < -0.3 is 19.1 Å². The van der Waals surface area contributed by atoms with E-state index in [0.29, 0.717) is 23.4 Å². The van der Waals surface area contributed by atoms with Crippen LogP contribution in [0, 0.1) is 11.3 Å². The summed E-state index contributed by atoms with van der Waals surface area (Å²) in [6.07, 6.45) is 1.87. The number of hydrogen-bond donors (Lipinski definition) is 0. The van der Waals surface area contributed by atoms with Crippen molar-refractivity contribution in [2.75, 3.05) is 32.0 Å². The molecule has 1 aliphatic rings. The molecular formula is C24H22N2O4S. The van der Waals surface area contributed by atoms with E-state index < -0.39 is 5.97 Å². The molecule has 1 unspecified atom stereocenters. The van der Waals surface area contributed by atoms with E-state index in [9.17, 15) is 10.1 Å². The summed E-state index contributed by atoms with van der Waals surface area (Å²) in [7, 11) is 1.52. The SMILES string of the molecule is CCOC(=O)c1ccc(N2C=C(C#N)C(c3cc4ccccc4s3)C2)cc1OCOC. The van der Waals surface area contributed by atoms with E-state index in [2.05, 4.69) is 24.3 Å². The van der Waals surface area contributed by atoms with Crippen LogP contribution < -0.4 is 9.64 Å². The average molecular weight is 435 g/mol. The number of carbonyl (C=O) groups is 1. The van der Waals surface area contributed by atoms with Crippen molar-refractivity contribution in [3.63, 3.8) is 0 Å². The molecule has 1 aromatic heterocycles. The third-order valence-corrected chi connectivity index (χ3v) is 6.32. The fraction of sp³-hybridized carbons (Fsp3) is 0.250. The number of rotatable bonds is 7. The maximum atomic E-state index is 12.3. The maximum absolute atomic E-state index is 12.3. The van der Waals surface area contributed by atoms with Crippen LogP contribution in [0.15, 0.2) is 60.3 Å². The molecule has 158 valence electrons. The van der Waals surface area contributed by atoms with E-state index in [-0.39, 0.29) is 19.3 Å². The highest BCUT2D eigenvalue weighted by atomic mass is 32.1. The van der Waals surface area contributed by atoms with Crippen LogP contribution in [0.5, 0.6) is 5.75 Å². The number of nitrogens with zero attached hydrogens (tertiary/aromatic N) is 2. The first-order valence-electron chi connectivity index (χ1n) is 9.94. The number of fused-ring (bicyclic) bond motifs is 1. The summed E-state index contributed by atoms with van der Waals surface area (Å²) in [6.45, 7) is 2.69. The molecule has 0 aliphatic carbocycles. The van der Waals surface area contributed by atoms with E-state index in [1.807, 2.05) is 29.3 Å². The molecule has 4 rings (SSSR count). The highest BCUT2D eigenvalue weighted by molar-refractivity contribution is 7.19. The molecule has 0 bridgehead atoms. The van der Waals surface area contributed by atoms with Gasteiger partial charge in [0.05, 0.1) is 18.2 Å². The minimum Gasteiger partial charge on any atom is -0.467 e. The Kier molecular flexibility index (Phi) is 6.21. The van der Waals surface area contributed by atoms with Crippen molar-refractivity contribution in [2.45, 2.75) is 12.8 Å². The monoisotopic (exact) mass is 434 g/mol. The van der Waals surface area contributed by atoms with Crippen LogP contribution in [0.1, 0.15) is 28.1 Å². The van der Waals surface area contributed by atoms with Crippen molar-refractivity contribution >= 4 is 33.1 Å². The Morgan fingerprint density at radius 1 is 1.26 bits per heavy atom. The van der Waals surface area contributed by atoms with Crippen LogP contribution in [-0.2, 0) is 9.47 Å². The molecule has 2 heterocycles. The predicted molar refractivity (Wildman–Crippen MR) is 121 cm³/mol. The Balaban J connectivity index is 1.64. The van der Waals surface area contributed by atoms with E-state index in [1.54, 1.807) is 30.4 Å². The van der Waals surface area contributed by atoms with Crippen LogP contribution in [0.2, 0.25) is 0 Å². The van der Waals surface area contributed by atoms with Crippen molar-refractivity contribution in [1.29, 1.82) is 5.26 Å². The minimum atomic E-state index is -0.446. The highest BCUT2D eigenvalue weighted by Gasteiger charge is 2.29. The number of benzene rings is 2. The molecular weight excluding hydrogens is 412 g/mol. The second-order valence-electron chi connectivity index (χ2n) is 7.04. The second-order valence-corrected chi connectivity index (χ2v) is 8.15. The lowest BCUT2D eigenvalue weighted by Gasteiger charge is -2.20. The van der Waals surface area contributed by atoms with Crippen molar-refractivity contribution in [1.82, 2.24) is 0 Å². The third kappa shape index (κ3) is 4.26. The molecule has 31 heavy (non-hydrogen) atoms. The summed E-state index contributed by atoms with van der Waals surface area (Å²) in [5.74, 6) is -0.0662. The first kappa shape index (κ1) is 20.9. The molecule has 2 aromatic carbocycles. The number of methoxy groups -OCH3 is 1. The maximum Gasteiger partial charge on any atom is 0.341 e. The smallest absolute Gasteiger partial charge is 0.341 e. The molecule has 7 heteroatoms. The second kappa shape index (κ2) is 9.21. The molecule has 0 amide bonds. The van der Waals surface area contributed by atoms with Crippen molar-refractivity contribution in [2.24, 2.45) is 0 Å². The largest absolute Gasteiger partial charge is 0.467 e. The van der Waals surface area contributed by atoms with E-state index in [1.165, 1.54) is 17.2 Å². The molecule has 0 saturated carbocycles. The Labute approximate surface area is 184 Å². The van der Waals surface area contributed by atoms with Gasteiger partial charge in [-0.2, -0.15) is 5.26 Å². The molecule has 0 radical (unpaired) electrons. The van der Waals surface area contributed by atoms with Crippen molar-refractivity contribution < 1.29 is 19.0 Å². The summed E-state index contributed by atoms with van der Waals surface area (Å²) < 4.78 is 17.0. The van der Waals surface area contributed by atoms with Gasteiger partial charge in [-0.25, -0.2) is 4.79 Å². The van der Waals surface area contributed by atoms with Gasteiger partial charge in [-0.15, -0.1) is 11.3 Å². The molecule has 3 aromatic rings. The number of nitriles is 1. The molecule has 1 aliphatic heterocycles. The fourth-order valence-corrected chi connectivity index (χ4v) is 4.79. The van der Waals surface area contributed by atoms with Crippen LogP contribution in [0.25, 0.3) is 10.1 Å². The minimum absolute atomic E-state index is 0.00419. The molecule has 1 atom stereocenters. The summed E-state index contributed by atoms with van der Waals surface area (Å²) >= 11 is 1.72. The van der Waals surface area contributed by atoms with E-state index in [4.69, 9.17) is 14.2 Å². The van der Waals surface area contributed by atoms with Crippen LogP contribution in [0.4, 0.5) is 5.69 Å². The zero-order valence-corrected chi connectivity index (χ0v) is 18.1. The summed E-state index contributed by atoms with van der Waals surface area (Å²) in [5.41, 5.74) is 1.88. The molecule has 0 fully saturated rings. The lowest BCUT2D eigenvalue weighted by molar-refractivity contribution is 0.0438. The first-order valence-corrected chi connectivity index (χ1v) is 10.8. The average Bonchev–Trinajstić information content (AvgIpc) is 3.41. The van der Waals surface area contributed by atoms with Gasteiger partial charge in [0.2, 0.25) is 0 Å². The van der Waals surface area contributed by atoms with Gasteiger partial charge in [0.1, 0.15) is 11.3 Å². The molecule has 0 N–H and O–H groups in total. The Bertz CT molecular complexity index is 1140. The number of anilines is 1. The lowest BCUT2D eigenvalue weighted by atomic mass is 10.0. The third-order valence-electron chi connectivity index (χ3n) is 5.09. The van der Waals surface area contributed by atoms with Crippen LogP contribution in [-0.4, -0.2) is 33.0 Å². The number of hydrogen-bond acceptors (Lipinski definition) is 7. The van der Waals surface area contributed by atoms with Crippen molar-refractivity contribution in [3.05, 3.63) is 70.7 Å². The standard InChI is InChI=1S/C24H22N2O4S/c1-3-29-24(27)19-9-8-18(11-21(19)30-15-28-2)26-13-17(12-25)20(14-26)23-10-16-6-4-5-7-22(16)31-23/h4-11,13,20H,3,14-15H2,1-2H3. The molecule has 0 spiro atoms. The van der Waals surface area contributed by atoms with E-state index in [0.717, 1.165) is 10.6 Å². The number of carbonyl (C=O) groups excluding carboxylic acids is 1. The molecule has 0 saturated heterocycles. The van der Waals surface area contributed by atoms with Gasteiger partial charge >= 0.3 is 5.97 Å². The topological polar surface area (TPSA) is 71.8 Å². The van der Waals surface area contributed by atoms with Gasteiger partial charge in [-0.1, -0.05) is 18.2 Å². The Hall–Kier alpha value is -3.34. The van der Waals surface area contributed by atoms with Crippen LogP contribution >= 0.6 is 11.3 Å². The Morgan fingerprint density at radius 2 is 2.10 bits per heavy atom. The van der Waals surface area contributed by atoms with Gasteiger partial charge in [0.25, 0.3) is 0 Å². The number of ether oxygens (including phenoxy) is 3.